The number of halogens is 3. The summed E-state index contributed by atoms with van der Waals surface area (Å²) >= 11 is 0. The summed E-state index contributed by atoms with van der Waals surface area (Å²) in [6.07, 6.45) is 1.40. The van der Waals surface area contributed by atoms with E-state index >= 15 is 0 Å². The molecule has 0 spiro atoms. The van der Waals surface area contributed by atoms with E-state index in [9.17, 15) is 13.2 Å². The second-order valence-corrected chi connectivity index (χ2v) is 5.90. The van der Waals surface area contributed by atoms with Crippen molar-refractivity contribution in [1.29, 1.82) is 0 Å². The Morgan fingerprint density at radius 1 is 1.29 bits per heavy atom. The summed E-state index contributed by atoms with van der Waals surface area (Å²) in [6.45, 7) is 3.31. The number of aliphatic carboxylic acids is 1. The Bertz CT molecular complexity index is 704. The SMILES string of the molecule is CC1CCC1NCc1ccc2cnccc2c1.O=C(O)C(F)(F)F. The van der Waals surface area contributed by atoms with E-state index < -0.39 is 12.1 Å². The third-order valence-corrected chi connectivity index (χ3v) is 4.14. The molecule has 7 heteroatoms. The van der Waals surface area contributed by atoms with Crippen LogP contribution in [0.4, 0.5) is 13.2 Å². The molecule has 1 aliphatic carbocycles. The topological polar surface area (TPSA) is 62.2 Å². The van der Waals surface area contributed by atoms with Gasteiger partial charge in [-0.25, -0.2) is 4.79 Å². The number of nitrogens with one attached hydrogen (secondary N) is 1. The zero-order chi connectivity index (χ0) is 17.7. The standard InChI is InChI=1S/C15H18N2.C2HF3O2/c1-11-2-5-15(11)17-9-12-3-4-14-10-16-7-6-13(14)8-12;3-2(4,5)1(6)7/h3-4,6-8,10-11,15,17H,2,5,9H2,1H3;(H,6,7). The molecule has 4 nitrogen and oxygen atoms in total. The van der Waals surface area contributed by atoms with Crippen LogP contribution in [-0.4, -0.2) is 28.3 Å². The van der Waals surface area contributed by atoms with Crippen molar-refractivity contribution in [3.05, 3.63) is 42.2 Å². The molecular formula is C17H19F3N2O2. The van der Waals surface area contributed by atoms with Crippen LogP contribution in [0, 0.1) is 5.92 Å². The van der Waals surface area contributed by atoms with E-state index in [1.54, 1.807) is 0 Å². The number of nitrogens with zero attached hydrogens (tertiary/aromatic N) is 1. The lowest BCUT2D eigenvalue weighted by atomic mass is 9.81. The van der Waals surface area contributed by atoms with Crippen molar-refractivity contribution in [2.75, 3.05) is 0 Å². The van der Waals surface area contributed by atoms with Gasteiger partial charge in [0.25, 0.3) is 0 Å². The monoisotopic (exact) mass is 340 g/mol. The normalized spacial score (nSPS) is 20.0. The Morgan fingerprint density at radius 3 is 2.54 bits per heavy atom. The highest BCUT2D eigenvalue weighted by Gasteiger charge is 2.38. The molecule has 2 unspecified atom stereocenters. The summed E-state index contributed by atoms with van der Waals surface area (Å²) in [7, 11) is 0. The number of hydrogen-bond donors (Lipinski definition) is 2. The molecule has 24 heavy (non-hydrogen) atoms. The predicted octanol–water partition coefficient (Wildman–Crippen LogP) is 3.76. The van der Waals surface area contributed by atoms with Crippen molar-refractivity contribution < 1.29 is 23.1 Å². The lowest BCUT2D eigenvalue weighted by molar-refractivity contribution is -0.192. The fourth-order valence-electron chi connectivity index (χ4n) is 2.46. The fourth-order valence-corrected chi connectivity index (χ4v) is 2.46. The molecule has 1 fully saturated rings. The molecular weight excluding hydrogens is 321 g/mol. The lowest BCUT2D eigenvalue weighted by Gasteiger charge is -2.34. The second-order valence-electron chi connectivity index (χ2n) is 5.90. The van der Waals surface area contributed by atoms with Crippen molar-refractivity contribution in [3.8, 4) is 0 Å². The Labute approximate surface area is 137 Å². The first-order chi connectivity index (χ1) is 11.3. The zero-order valence-corrected chi connectivity index (χ0v) is 13.2. The summed E-state index contributed by atoms with van der Waals surface area (Å²) in [5.74, 6) is -1.91. The number of aromatic nitrogens is 1. The zero-order valence-electron chi connectivity index (χ0n) is 13.2. The molecule has 0 bridgehead atoms. The molecule has 0 aliphatic heterocycles. The average Bonchev–Trinajstić information content (AvgIpc) is 2.53. The van der Waals surface area contributed by atoms with E-state index in [0.717, 1.165) is 18.5 Å². The van der Waals surface area contributed by atoms with Crippen LogP contribution < -0.4 is 5.32 Å². The van der Waals surface area contributed by atoms with E-state index in [1.807, 2.05) is 12.4 Å². The first kappa shape index (κ1) is 18.2. The molecule has 2 atom stereocenters. The Morgan fingerprint density at radius 2 is 2.00 bits per heavy atom. The summed E-state index contributed by atoms with van der Waals surface area (Å²) in [4.78, 5) is 13.0. The van der Waals surface area contributed by atoms with Gasteiger partial charge >= 0.3 is 12.1 Å². The molecule has 0 amide bonds. The summed E-state index contributed by atoms with van der Waals surface area (Å²) in [5.41, 5.74) is 1.36. The quantitative estimate of drug-likeness (QED) is 0.893. The van der Waals surface area contributed by atoms with Gasteiger partial charge in [-0.3, -0.25) is 4.98 Å². The predicted molar refractivity (Wildman–Crippen MR) is 84.5 cm³/mol. The second kappa shape index (κ2) is 7.61. The molecule has 2 N–H and O–H groups in total. The highest BCUT2D eigenvalue weighted by atomic mass is 19.4. The Hall–Kier alpha value is -2.15. The van der Waals surface area contributed by atoms with E-state index in [0.29, 0.717) is 0 Å². The molecule has 1 aromatic carbocycles. The minimum atomic E-state index is -5.08. The van der Waals surface area contributed by atoms with Crippen LogP contribution in [0.15, 0.2) is 36.7 Å². The maximum absolute atomic E-state index is 10.6. The molecule has 1 aliphatic rings. The Balaban J connectivity index is 0.000000256. The van der Waals surface area contributed by atoms with Crippen molar-refractivity contribution >= 4 is 16.7 Å². The van der Waals surface area contributed by atoms with Gasteiger partial charge in [0.15, 0.2) is 0 Å². The van der Waals surface area contributed by atoms with Gasteiger partial charge in [0.1, 0.15) is 0 Å². The molecule has 0 radical (unpaired) electrons. The summed E-state index contributed by atoms with van der Waals surface area (Å²) in [6, 6.07) is 9.41. The number of alkyl halides is 3. The molecule has 1 saturated carbocycles. The van der Waals surface area contributed by atoms with E-state index in [4.69, 9.17) is 9.90 Å². The highest BCUT2D eigenvalue weighted by Crippen LogP contribution is 2.26. The van der Waals surface area contributed by atoms with Crippen LogP contribution in [0.1, 0.15) is 25.3 Å². The van der Waals surface area contributed by atoms with E-state index in [2.05, 4.69) is 41.5 Å². The van der Waals surface area contributed by atoms with Crippen LogP contribution >= 0.6 is 0 Å². The number of benzene rings is 1. The average molecular weight is 340 g/mol. The van der Waals surface area contributed by atoms with Crippen molar-refractivity contribution in [3.63, 3.8) is 0 Å². The number of carboxylic acids is 1. The number of fused-ring (bicyclic) bond motifs is 1. The first-order valence-electron chi connectivity index (χ1n) is 7.63. The van der Waals surface area contributed by atoms with Gasteiger partial charge in [0.05, 0.1) is 0 Å². The van der Waals surface area contributed by atoms with Crippen molar-refractivity contribution in [1.82, 2.24) is 10.3 Å². The van der Waals surface area contributed by atoms with Crippen LogP contribution in [0.25, 0.3) is 10.8 Å². The van der Waals surface area contributed by atoms with Gasteiger partial charge in [-0.1, -0.05) is 19.1 Å². The van der Waals surface area contributed by atoms with E-state index in [-0.39, 0.29) is 0 Å². The van der Waals surface area contributed by atoms with Gasteiger partial charge in [0, 0.05) is 30.4 Å². The molecule has 130 valence electrons. The summed E-state index contributed by atoms with van der Waals surface area (Å²) in [5, 5.41) is 13.3. The Kier molecular flexibility index (Phi) is 5.77. The maximum Gasteiger partial charge on any atom is 0.490 e. The minimum absolute atomic E-state index is 0.725. The largest absolute Gasteiger partial charge is 0.490 e. The van der Waals surface area contributed by atoms with Gasteiger partial charge in [-0.2, -0.15) is 13.2 Å². The maximum atomic E-state index is 10.6. The van der Waals surface area contributed by atoms with Crippen LogP contribution in [-0.2, 0) is 11.3 Å². The molecule has 2 aromatic rings. The number of hydrogen-bond acceptors (Lipinski definition) is 3. The molecule has 3 rings (SSSR count). The van der Waals surface area contributed by atoms with Gasteiger partial charge in [0.2, 0.25) is 0 Å². The first-order valence-corrected chi connectivity index (χ1v) is 7.63. The summed E-state index contributed by atoms with van der Waals surface area (Å²) < 4.78 is 31.7. The third-order valence-electron chi connectivity index (χ3n) is 4.14. The van der Waals surface area contributed by atoms with Crippen LogP contribution in [0.5, 0.6) is 0 Å². The number of carbonyl (C=O) groups is 1. The van der Waals surface area contributed by atoms with Crippen LogP contribution in [0.3, 0.4) is 0 Å². The molecule has 1 aromatic heterocycles. The number of carboxylic acid groups (broad SMARTS) is 1. The van der Waals surface area contributed by atoms with Gasteiger partial charge in [-0.15, -0.1) is 0 Å². The lowest BCUT2D eigenvalue weighted by Crippen LogP contribution is -2.41. The molecule has 0 saturated heterocycles. The minimum Gasteiger partial charge on any atom is -0.475 e. The highest BCUT2D eigenvalue weighted by molar-refractivity contribution is 5.81. The number of pyridine rings is 1. The smallest absolute Gasteiger partial charge is 0.475 e. The third kappa shape index (κ3) is 4.92. The van der Waals surface area contributed by atoms with Crippen LogP contribution in [0.2, 0.25) is 0 Å². The fraction of sp³-hybridized carbons (Fsp3) is 0.412. The van der Waals surface area contributed by atoms with E-state index in [1.165, 1.54) is 29.2 Å². The van der Waals surface area contributed by atoms with Crippen molar-refractivity contribution in [2.45, 2.75) is 38.5 Å². The number of rotatable bonds is 3. The molecule has 1 heterocycles. The van der Waals surface area contributed by atoms with Gasteiger partial charge < -0.3 is 10.4 Å². The van der Waals surface area contributed by atoms with Gasteiger partial charge in [-0.05, 0) is 41.8 Å². The van der Waals surface area contributed by atoms with Crippen molar-refractivity contribution in [2.24, 2.45) is 5.92 Å².